The molecule has 0 amide bonds. The highest BCUT2D eigenvalue weighted by atomic mass is 35.5. The maximum atomic E-state index is 9.14. The third kappa shape index (κ3) is 3.14. The summed E-state index contributed by atoms with van der Waals surface area (Å²) in [5, 5.41) is 17.4. The molecule has 1 aromatic rings. The van der Waals surface area contributed by atoms with Gasteiger partial charge in [0.1, 0.15) is 0 Å². The minimum Gasteiger partial charge on any atom is -0.396 e. The van der Waals surface area contributed by atoms with Crippen LogP contribution >= 0.6 is 11.6 Å². The van der Waals surface area contributed by atoms with Gasteiger partial charge < -0.3 is 5.11 Å². The Bertz CT molecular complexity index is 331. The molecule has 1 saturated heterocycles. The summed E-state index contributed by atoms with van der Waals surface area (Å²) in [5.41, 5.74) is 0.933. The van der Waals surface area contributed by atoms with Crippen molar-refractivity contribution in [3.63, 3.8) is 0 Å². The normalized spacial score (nSPS) is 22.2. The van der Waals surface area contributed by atoms with E-state index in [0.717, 1.165) is 38.2 Å². The van der Waals surface area contributed by atoms with Gasteiger partial charge in [-0.05, 0) is 37.4 Å². The first-order valence-electron chi connectivity index (χ1n) is 5.59. The van der Waals surface area contributed by atoms with E-state index in [-0.39, 0.29) is 6.61 Å². The van der Waals surface area contributed by atoms with E-state index >= 15 is 0 Å². The number of hydrogen-bond acceptors (Lipinski definition) is 4. The molecule has 88 valence electrons. The molecule has 0 aliphatic carbocycles. The van der Waals surface area contributed by atoms with Crippen molar-refractivity contribution < 1.29 is 5.11 Å². The van der Waals surface area contributed by atoms with Crippen LogP contribution in [0.4, 0.5) is 0 Å². The van der Waals surface area contributed by atoms with Crippen LogP contribution in [0.25, 0.3) is 0 Å². The summed E-state index contributed by atoms with van der Waals surface area (Å²) >= 11 is 5.68. The number of piperidine rings is 1. The molecule has 16 heavy (non-hydrogen) atoms. The second-order valence-corrected chi connectivity index (χ2v) is 4.66. The molecule has 1 aliphatic heterocycles. The highest BCUT2D eigenvalue weighted by Gasteiger charge is 2.19. The second-order valence-electron chi connectivity index (χ2n) is 4.27. The maximum Gasteiger partial charge on any atom is 0.151 e. The number of rotatable bonds is 3. The molecule has 0 spiro atoms. The van der Waals surface area contributed by atoms with Crippen LogP contribution in [0.3, 0.4) is 0 Å². The number of halogens is 1. The second kappa shape index (κ2) is 5.57. The minimum absolute atomic E-state index is 0.281. The van der Waals surface area contributed by atoms with E-state index < -0.39 is 0 Å². The molecule has 1 fully saturated rings. The molecule has 0 aromatic carbocycles. The zero-order chi connectivity index (χ0) is 11.4. The fourth-order valence-electron chi connectivity index (χ4n) is 2.10. The monoisotopic (exact) mass is 241 g/mol. The Balaban J connectivity index is 1.91. The van der Waals surface area contributed by atoms with Crippen molar-refractivity contribution in [2.24, 2.45) is 5.92 Å². The highest BCUT2D eigenvalue weighted by molar-refractivity contribution is 6.29. The molecule has 4 nitrogen and oxygen atoms in total. The SMILES string of the molecule is OCC1CCCN(Cc2ccc(Cl)nn2)C1. The molecule has 0 radical (unpaired) electrons. The molecule has 1 unspecified atom stereocenters. The van der Waals surface area contributed by atoms with Gasteiger partial charge in [0.15, 0.2) is 5.15 Å². The number of aliphatic hydroxyl groups is 1. The Morgan fingerprint density at radius 2 is 2.31 bits per heavy atom. The lowest BCUT2D eigenvalue weighted by Gasteiger charge is -2.31. The molecule has 0 bridgehead atoms. The van der Waals surface area contributed by atoms with Gasteiger partial charge in [-0.3, -0.25) is 4.90 Å². The molecule has 2 rings (SSSR count). The summed E-state index contributed by atoms with van der Waals surface area (Å²) in [4.78, 5) is 2.31. The summed E-state index contributed by atoms with van der Waals surface area (Å²) < 4.78 is 0. The number of aliphatic hydroxyl groups excluding tert-OH is 1. The summed E-state index contributed by atoms with van der Waals surface area (Å²) in [5.74, 6) is 0.411. The number of nitrogens with zero attached hydrogens (tertiary/aromatic N) is 3. The van der Waals surface area contributed by atoms with Crippen molar-refractivity contribution in [1.29, 1.82) is 0 Å². The minimum atomic E-state index is 0.281. The van der Waals surface area contributed by atoms with Crippen LogP contribution in [0.15, 0.2) is 12.1 Å². The van der Waals surface area contributed by atoms with Gasteiger partial charge in [-0.25, -0.2) is 0 Å². The van der Waals surface area contributed by atoms with E-state index in [1.807, 2.05) is 6.07 Å². The van der Waals surface area contributed by atoms with E-state index in [1.54, 1.807) is 6.07 Å². The molecule has 1 aromatic heterocycles. The summed E-state index contributed by atoms with van der Waals surface area (Å²) in [6.45, 7) is 3.09. The van der Waals surface area contributed by atoms with Gasteiger partial charge in [-0.1, -0.05) is 11.6 Å². The lowest BCUT2D eigenvalue weighted by Crippen LogP contribution is -2.36. The van der Waals surface area contributed by atoms with E-state index in [2.05, 4.69) is 15.1 Å². The van der Waals surface area contributed by atoms with Gasteiger partial charge in [-0.15, -0.1) is 5.10 Å². The van der Waals surface area contributed by atoms with Gasteiger partial charge in [0.25, 0.3) is 0 Å². The van der Waals surface area contributed by atoms with Crippen LogP contribution in [-0.2, 0) is 6.54 Å². The lowest BCUT2D eigenvalue weighted by molar-refractivity contribution is 0.115. The number of hydrogen-bond donors (Lipinski definition) is 1. The third-order valence-corrected chi connectivity index (χ3v) is 3.14. The number of aromatic nitrogens is 2. The quantitative estimate of drug-likeness (QED) is 0.868. The van der Waals surface area contributed by atoms with Crippen LogP contribution in [0.5, 0.6) is 0 Å². The smallest absolute Gasteiger partial charge is 0.151 e. The van der Waals surface area contributed by atoms with Crippen LogP contribution in [0, 0.1) is 5.92 Å². The maximum absolute atomic E-state index is 9.14. The van der Waals surface area contributed by atoms with E-state index in [4.69, 9.17) is 16.7 Å². The molecule has 1 atom stereocenters. The largest absolute Gasteiger partial charge is 0.396 e. The van der Waals surface area contributed by atoms with Crippen LogP contribution in [0.1, 0.15) is 18.5 Å². The Hall–Kier alpha value is -0.710. The molecular weight excluding hydrogens is 226 g/mol. The molecular formula is C11H16ClN3O. The zero-order valence-electron chi connectivity index (χ0n) is 9.14. The summed E-state index contributed by atoms with van der Waals surface area (Å²) in [6.07, 6.45) is 2.27. The Morgan fingerprint density at radius 1 is 1.44 bits per heavy atom. The predicted molar refractivity (Wildman–Crippen MR) is 62.1 cm³/mol. The molecule has 5 heteroatoms. The van der Waals surface area contributed by atoms with Crippen molar-refractivity contribution in [3.05, 3.63) is 23.0 Å². The van der Waals surface area contributed by atoms with Gasteiger partial charge in [0.2, 0.25) is 0 Å². The van der Waals surface area contributed by atoms with E-state index in [0.29, 0.717) is 11.1 Å². The van der Waals surface area contributed by atoms with Crippen molar-refractivity contribution in [3.8, 4) is 0 Å². The molecule has 0 saturated carbocycles. The Kier molecular flexibility index (Phi) is 4.09. The van der Waals surface area contributed by atoms with Crippen LogP contribution in [0.2, 0.25) is 5.15 Å². The predicted octanol–water partition coefficient (Wildman–Crippen LogP) is 1.33. The average molecular weight is 242 g/mol. The number of likely N-dealkylation sites (tertiary alicyclic amines) is 1. The van der Waals surface area contributed by atoms with Gasteiger partial charge in [0.05, 0.1) is 5.69 Å². The van der Waals surface area contributed by atoms with Gasteiger partial charge in [-0.2, -0.15) is 5.10 Å². The van der Waals surface area contributed by atoms with Crippen molar-refractivity contribution in [2.45, 2.75) is 19.4 Å². The van der Waals surface area contributed by atoms with E-state index in [9.17, 15) is 0 Å². The van der Waals surface area contributed by atoms with Crippen LogP contribution < -0.4 is 0 Å². The Labute approximate surface area is 100 Å². The summed E-state index contributed by atoms with van der Waals surface area (Å²) in [7, 11) is 0. The highest BCUT2D eigenvalue weighted by Crippen LogP contribution is 2.17. The fourth-order valence-corrected chi connectivity index (χ4v) is 2.20. The summed E-state index contributed by atoms with van der Waals surface area (Å²) in [6, 6.07) is 3.66. The zero-order valence-corrected chi connectivity index (χ0v) is 9.90. The fraction of sp³-hybridized carbons (Fsp3) is 0.636. The first kappa shape index (κ1) is 11.8. The van der Waals surface area contributed by atoms with Gasteiger partial charge >= 0.3 is 0 Å². The first-order valence-corrected chi connectivity index (χ1v) is 5.97. The topological polar surface area (TPSA) is 49.2 Å². The first-order chi connectivity index (χ1) is 7.78. The van der Waals surface area contributed by atoms with Gasteiger partial charge in [0, 0.05) is 19.7 Å². The third-order valence-electron chi connectivity index (χ3n) is 2.93. The van der Waals surface area contributed by atoms with Crippen molar-refractivity contribution >= 4 is 11.6 Å². The molecule has 2 heterocycles. The van der Waals surface area contributed by atoms with Crippen LogP contribution in [-0.4, -0.2) is 39.9 Å². The molecule has 1 aliphatic rings. The Morgan fingerprint density at radius 3 is 3.00 bits per heavy atom. The molecule has 1 N–H and O–H groups in total. The van der Waals surface area contributed by atoms with Crippen molar-refractivity contribution in [2.75, 3.05) is 19.7 Å². The van der Waals surface area contributed by atoms with Crippen molar-refractivity contribution in [1.82, 2.24) is 15.1 Å². The lowest BCUT2D eigenvalue weighted by atomic mass is 9.99. The standard InChI is InChI=1S/C11H16ClN3O/c12-11-4-3-10(13-14-11)7-15-5-1-2-9(6-15)8-16/h3-4,9,16H,1-2,5-8H2. The van der Waals surface area contributed by atoms with E-state index in [1.165, 1.54) is 0 Å². The average Bonchev–Trinajstić information content (AvgIpc) is 2.32.